The van der Waals surface area contributed by atoms with Crippen LogP contribution in [0.1, 0.15) is 43.9 Å². The lowest BCUT2D eigenvalue weighted by atomic mass is 10.0. The monoisotopic (exact) mass is 334 g/mol. The summed E-state index contributed by atoms with van der Waals surface area (Å²) in [7, 11) is -4.07. The van der Waals surface area contributed by atoms with E-state index in [0.717, 1.165) is 5.56 Å². The molecule has 2 heterocycles. The molecule has 3 rings (SSSR count). The molecule has 0 spiro atoms. The number of halogens is 1. The highest BCUT2D eigenvalue weighted by atomic mass is 32.2. The third kappa shape index (κ3) is 2.32. The molecule has 1 aromatic carbocycles. The van der Waals surface area contributed by atoms with Gasteiger partial charge in [0.25, 0.3) is 5.16 Å². The van der Waals surface area contributed by atoms with E-state index in [1.165, 1.54) is 18.5 Å². The Hall–Kier alpha value is -2.27. The van der Waals surface area contributed by atoms with E-state index in [0.29, 0.717) is 0 Å². The van der Waals surface area contributed by atoms with E-state index >= 15 is 0 Å². The minimum atomic E-state index is -4.07. The molecule has 0 bridgehead atoms. The molecular formula is C15H15FN4O2S. The van der Waals surface area contributed by atoms with E-state index in [1.807, 2.05) is 30.3 Å². The van der Waals surface area contributed by atoms with Crippen molar-refractivity contribution < 1.29 is 12.8 Å². The van der Waals surface area contributed by atoms with Gasteiger partial charge in [-0.1, -0.05) is 30.3 Å². The van der Waals surface area contributed by atoms with Crippen LogP contribution in [0.25, 0.3) is 0 Å². The number of fused-ring (bicyclic) bond motifs is 1. The molecule has 0 fully saturated rings. The van der Waals surface area contributed by atoms with Crippen LogP contribution in [0.3, 0.4) is 0 Å². The molecule has 0 saturated heterocycles. The molecule has 23 heavy (non-hydrogen) atoms. The fraction of sp³-hybridized carbons (Fsp3) is 0.400. The van der Waals surface area contributed by atoms with Gasteiger partial charge in [-0.15, -0.1) is 5.10 Å². The van der Waals surface area contributed by atoms with Crippen molar-refractivity contribution in [3.8, 4) is 6.07 Å². The van der Waals surface area contributed by atoms with Crippen molar-refractivity contribution in [2.45, 2.75) is 42.4 Å². The number of benzene rings is 1. The van der Waals surface area contributed by atoms with Crippen molar-refractivity contribution in [1.29, 1.82) is 5.26 Å². The van der Waals surface area contributed by atoms with Gasteiger partial charge in [0.2, 0.25) is 9.84 Å². The molecule has 0 saturated carbocycles. The Morgan fingerprint density at radius 1 is 1.35 bits per heavy atom. The summed E-state index contributed by atoms with van der Waals surface area (Å²) in [6.45, 7) is 2.55. The molecule has 0 amide bonds. The van der Waals surface area contributed by atoms with Gasteiger partial charge in [-0.25, -0.2) is 17.5 Å². The highest BCUT2D eigenvalue weighted by Gasteiger charge is 2.43. The zero-order valence-corrected chi connectivity index (χ0v) is 13.5. The molecule has 0 aliphatic carbocycles. The van der Waals surface area contributed by atoms with E-state index < -0.39 is 32.0 Å². The Morgan fingerprint density at radius 2 is 2.00 bits per heavy atom. The minimum Gasteiger partial charge on any atom is -0.239 e. The topological polar surface area (TPSA) is 88.6 Å². The van der Waals surface area contributed by atoms with Crippen LogP contribution in [0.4, 0.5) is 4.39 Å². The maximum atomic E-state index is 14.2. The maximum absolute atomic E-state index is 14.2. The van der Waals surface area contributed by atoms with E-state index in [-0.39, 0.29) is 12.2 Å². The summed E-state index contributed by atoms with van der Waals surface area (Å²) < 4.78 is 38.8. The molecule has 1 aliphatic heterocycles. The molecule has 0 N–H and O–H groups in total. The zero-order valence-electron chi connectivity index (χ0n) is 12.6. The van der Waals surface area contributed by atoms with Crippen LogP contribution in [-0.2, 0) is 9.84 Å². The second-order valence-electron chi connectivity index (χ2n) is 5.95. The first-order chi connectivity index (χ1) is 10.8. The summed E-state index contributed by atoms with van der Waals surface area (Å²) in [5, 5.41) is 12.6. The molecule has 0 radical (unpaired) electrons. The van der Waals surface area contributed by atoms with Crippen LogP contribution in [0.2, 0.25) is 0 Å². The lowest BCUT2D eigenvalue weighted by molar-refractivity contribution is 0.326. The van der Waals surface area contributed by atoms with Gasteiger partial charge in [0.15, 0.2) is 16.7 Å². The largest absolute Gasteiger partial charge is 0.268 e. The Morgan fingerprint density at radius 3 is 2.61 bits per heavy atom. The number of alkyl halides is 1. The minimum absolute atomic E-state index is 0.00818. The second kappa shape index (κ2) is 5.13. The van der Waals surface area contributed by atoms with E-state index in [1.54, 1.807) is 6.07 Å². The third-order valence-corrected chi connectivity index (χ3v) is 6.10. The van der Waals surface area contributed by atoms with Gasteiger partial charge in [-0.3, -0.25) is 0 Å². The highest BCUT2D eigenvalue weighted by molar-refractivity contribution is 7.92. The quantitative estimate of drug-likeness (QED) is 0.859. The number of nitrogens with zero attached hydrogens (tertiary/aromatic N) is 4. The summed E-state index contributed by atoms with van der Waals surface area (Å²) in [5.41, 5.74) is 0.835. The van der Waals surface area contributed by atoms with Crippen LogP contribution >= 0.6 is 0 Å². The molecule has 6 nitrogen and oxygen atoms in total. The number of sulfone groups is 1. The lowest BCUT2D eigenvalue weighted by Gasteiger charge is -2.14. The predicted octanol–water partition coefficient (Wildman–Crippen LogP) is 2.36. The zero-order chi connectivity index (χ0) is 16.8. The molecule has 2 atom stereocenters. The van der Waals surface area contributed by atoms with Gasteiger partial charge in [0.05, 0.1) is 12.1 Å². The van der Waals surface area contributed by atoms with Crippen LogP contribution in [0, 0.1) is 11.3 Å². The molecule has 120 valence electrons. The molecular weight excluding hydrogens is 319 g/mol. The maximum Gasteiger partial charge on any atom is 0.268 e. The molecule has 1 aliphatic rings. The number of hydrogen-bond acceptors (Lipinski definition) is 5. The highest BCUT2D eigenvalue weighted by Crippen LogP contribution is 2.40. The average molecular weight is 334 g/mol. The fourth-order valence-electron chi connectivity index (χ4n) is 2.51. The second-order valence-corrected chi connectivity index (χ2v) is 8.35. The Bertz CT molecular complexity index is 884. The number of hydrogen-bond donors (Lipinski definition) is 0. The SMILES string of the molecule is CC(C)(C#N)S(=O)(=O)c1nc2n(n1)[C@H](c1ccccc1)C[C@@H]2F. The summed E-state index contributed by atoms with van der Waals surface area (Å²) in [5.74, 6) is -0.00818. The average Bonchev–Trinajstić information content (AvgIpc) is 3.09. The van der Waals surface area contributed by atoms with Crippen LogP contribution in [-0.4, -0.2) is 27.9 Å². The molecule has 1 aromatic heterocycles. The van der Waals surface area contributed by atoms with Crippen molar-refractivity contribution in [3.63, 3.8) is 0 Å². The van der Waals surface area contributed by atoms with Crippen molar-refractivity contribution in [1.82, 2.24) is 14.8 Å². The Kier molecular flexibility index (Phi) is 3.48. The Labute approximate surface area is 133 Å². The van der Waals surface area contributed by atoms with Crippen LogP contribution in [0.5, 0.6) is 0 Å². The normalized spacial score (nSPS) is 21.0. The first-order valence-electron chi connectivity index (χ1n) is 7.09. The predicted molar refractivity (Wildman–Crippen MR) is 79.9 cm³/mol. The van der Waals surface area contributed by atoms with Crippen molar-refractivity contribution in [2.24, 2.45) is 0 Å². The summed E-state index contributed by atoms with van der Waals surface area (Å²) in [4.78, 5) is 3.87. The molecule has 0 unspecified atom stereocenters. The van der Waals surface area contributed by atoms with Crippen LogP contribution in [0.15, 0.2) is 35.5 Å². The standard InChI is InChI=1S/C15H15FN4O2S/c1-15(2,9-17)23(21,22)14-18-13-11(16)8-12(20(13)19-14)10-6-4-3-5-7-10/h3-7,11-12H,8H2,1-2H3/t11-,12-/m0/s1. The van der Waals surface area contributed by atoms with Crippen molar-refractivity contribution >= 4 is 9.84 Å². The number of nitriles is 1. The summed E-state index contributed by atoms with van der Waals surface area (Å²) in [6, 6.07) is 10.5. The fourth-order valence-corrected chi connectivity index (χ4v) is 3.50. The smallest absolute Gasteiger partial charge is 0.239 e. The number of aromatic nitrogens is 3. The van der Waals surface area contributed by atoms with E-state index in [2.05, 4.69) is 10.1 Å². The molecule has 8 heteroatoms. The van der Waals surface area contributed by atoms with Crippen LogP contribution < -0.4 is 0 Å². The van der Waals surface area contributed by atoms with E-state index in [4.69, 9.17) is 5.26 Å². The van der Waals surface area contributed by atoms with E-state index in [9.17, 15) is 12.8 Å². The summed E-state index contributed by atoms with van der Waals surface area (Å²) >= 11 is 0. The first-order valence-corrected chi connectivity index (χ1v) is 8.57. The molecule has 2 aromatic rings. The lowest BCUT2D eigenvalue weighted by Crippen LogP contribution is -2.31. The van der Waals surface area contributed by atoms with Gasteiger partial charge in [0, 0.05) is 6.42 Å². The van der Waals surface area contributed by atoms with Gasteiger partial charge in [-0.05, 0) is 19.4 Å². The van der Waals surface area contributed by atoms with Gasteiger partial charge < -0.3 is 0 Å². The van der Waals surface area contributed by atoms with Crippen molar-refractivity contribution in [2.75, 3.05) is 0 Å². The van der Waals surface area contributed by atoms with Crippen molar-refractivity contribution in [3.05, 3.63) is 41.7 Å². The summed E-state index contributed by atoms with van der Waals surface area (Å²) in [6.07, 6.45) is -1.22. The third-order valence-electron chi connectivity index (χ3n) is 4.01. The van der Waals surface area contributed by atoms with Gasteiger partial charge in [0.1, 0.15) is 0 Å². The van der Waals surface area contributed by atoms with Gasteiger partial charge in [-0.2, -0.15) is 10.2 Å². The first kappa shape index (κ1) is 15.6. The Balaban J connectivity index is 2.09. The van der Waals surface area contributed by atoms with Gasteiger partial charge >= 0.3 is 0 Å². The number of rotatable bonds is 3.